The molecule has 10 rings (SSSR count). The Morgan fingerprint density at radius 1 is 0.459 bits per heavy atom. The van der Waals surface area contributed by atoms with E-state index in [1.165, 1.54) is 44.5 Å². The number of hydrogen-bond acceptors (Lipinski definition) is 4. The number of pyridine rings is 1. The van der Waals surface area contributed by atoms with E-state index in [1.807, 2.05) is 12.3 Å². The second kappa shape index (κ2) is 14.9. The van der Waals surface area contributed by atoms with Crippen LogP contribution in [0.4, 0.5) is 22.7 Å². The van der Waals surface area contributed by atoms with Gasteiger partial charge in [0.05, 0.1) is 28.1 Å². The summed E-state index contributed by atoms with van der Waals surface area (Å²) >= 11 is 0. The van der Waals surface area contributed by atoms with Crippen LogP contribution in [-0.2, 0) is 10.8 Å². The van der Waals surface area contributed by atoms with Gasteiger partial charge in [0.15, 0.2) is 0 Å². The zero-order valence-electron chi connectivity index (χ0n) is 35.7. The molecule has 0 N–H and O–H groups in total. The van der Waals surface area contributed by atoms with Crippen LogP contribution in [0.3, 0.4) is 0 Å². The summed E-state index contributed by atoms with van der Waals surface area (Å²) in [5.74, 6) is 2.43. The Morgan fingerprint density at radius 3 is 1.92 bits per heavy atom. The minimum absolute atomic E-state index is 0.00755. The summed E-state index contributed by atoms with van der Waals surface area (Å²) in [6, 6.07) is 63.1. The first-order valence-corrected chi connectivity index (χ1v) is 21.2. The summed E-state index contributed by atoms with van der Waals surface area (Å²) in [7, 11) is 0. The van der Waals surface area contributed by atoms with Crippen molar-refractivity contribution in [3.05, 3.63) is 193 Å². The average Bonchev–Trinajstić information content (AvgIpc) is 3.82. The maximum Gasteiger partial charge on any atom is 0.137 e. The van der Waals surface area contributed by atoms with E-state index in [0.717, 1.165) is 50.8 Å². The van der Waals surface area contributed by atoms with Crippen LogP contribution in [0.15, 0.2) is 182 Å². The fourth-order valence-corrected chi connectivity index (χ4v) is 8.70. The van der Waals surface area contributed by atoms with Crippen molar-refractivity contribution >= 4 is 44.6 Å². The molecule has 300 valence electrons. The van der Waals surface area contributed by atoms with Crippen LogP contribution in [0, 0.1) is 0 Å². The van der Waals surface area contributed by atoms with Gasteiger partial charge in [-0.25, -0.2) is 4.98 Å². The van der Waals surface area contributed by atoms with Gasteiger partial charge < -0.3 is 14.5 Å². The van der Waals surface area contributed by atoms with Crippen molar-refractivity contribution in [2.75, 3.05) is 16.5 Å². The van der Waals surface area contributed by atoms with Gasteiger partial charge in [0.25, 0.3) is 0 Å². The van der Waals surface area contributed by atoms with Crippen molar-refractivity contribution < 1.29 is 4.74 Å². The first-order chi connectivity index (χ1) is 29.5. The Kier molecular flexibility index (Phi) is 9.29. The highest BCUT2D eigenvalue weighted by Gasteiger charge is 2.31. The third-order valence-electron chi connectivity index (χ3n) is 12.0. The minimum atomic E-state index is -0.0145. The molecule has 0 saturated heterocycles. The summed E-state index contributed by atoms with van der Waals surface area (Å²) in [6.07, 6.45) is 1.92. The molecule has 0 fully saturated rings. The number of hydrogen-bond donors (Lipinski definition) is 0. The lowest BCUT2D eigenvalue weighted by Crippen LogP contribution is -2.25. The topological polar surface area (TPSA) is 33.5 Å². The number of ether oxygens (including phenoxy) is 1. The molecule has 0 saturated carbocycles. The Morgan fingerprint density at radius 2 is 1.15 bits per heavy atom. The van der Waals surface area contributed by atoms with Crippen molar-refractivity contribution in [3.63, 3.8) is 0 Å². The van der Waals surface area contributed by atoms with Crippen molar-refractivity contribution in [1.29, 1.82) is 0 Å². The van der Waals surface area contributed by atoms with Crippen LogP contribution in [-0.4, -0.2) is 16.2 Å². The Balaban J connectivity index is 1.06. The van der Waals surface area contributed by atoms with Gasteiger partial charge in [-0.15, -0.1) is 0 Å². The number of benzene rings is 7. The first kappa shape index (κ1) is 38.1. The molecule has 1 aliphatic heterocycles. The average molecular weight is 795 g/mol. The van der Waals surface area contributed by atoms with E-state index in [2.05, 4.69) is 226 Å². The Bertz CT molecular complexity index is 3060. The third kappa shape index (κ3) is 7.10. The lowest BCUT2D eigenvalue weighted by Gasteiger charge is -2.27. The van der Waals surface area contributed by atoms with Gasteiger partial charge in [-0.3, -0.25) is 4.57 Å². The molecule has 9 aromatic rings. The second-order valence-electron chi connectivity index (χ2n) is 18.2. The largest absolute Gasteiger partial charge is 0.457 e. The summed E-state index contributed by atoms with van der Waals surface area (Å²) < 4.78 is 9.07. The standard InChI is InChI=1S/C56H50N4O/c1-55(2,3)41-25-27-46(39-18-11-8-12-19-39)51(33-41)59-37-58(53-32-40(24-29-50(53)59)38-16-9-7-10-17-38)43-20-15-21-44(35-43)61-45-26-28-48-47-22-13-14-23-49(47)60(52(48)36-45)54-34-42(30-31-57-54)56(4,5)6/h7-36H,37H2,1-6H3. The van der Waals surface area contributed by atoms with E-state index in [9.17, 15) is 0 Å². The third-order valence-corrected chi connectivity index (χ3v) is 12.0. The van der Waals surface area contributed by atoms with Crippen LogP contribution in [0.5, 0.6) is 11.5 Å². The highest BCUT2D eigenvalue weighted by atomic mass is 16.5. The van der Waals surface area contributed by atoms with E-state index in [-0.39, 0.29) is 10.8 Å². The maximum atomic E-state index is 6.80. The number of rotatable bonds is 7. The zero-order chi connectivity index (χ0) is 41.9. The van der Waals surface area contributed by atoms with E-state index >= 15 is 0 Å². The minimum Gasteiger partial charge on any atom is -0.457 e. The van der Waals surface area contributed by atoms with Crippen LogP contribution in [0.1, 0.15) is 52.7 Å². The summed E-state index contributed by atoms with van der Waals surface area (Å²) in [5.41, 5.74) is 14.0. The number of nitrogens with zero attached hydrogens (tertiary/aromatic N) is 4. The molecule has 0 amide bonds. The SMILES string of the molecule is CC(C)(C)c1ccnc(-n2c3ccccc3c3ccc(Oc4cccc(N5CN(c6cc(C(C)(C)C)ccc6-c6ccccc6)c6ccc(-c7ccccc7)cc65)c4)cc32)c1. The van der Waals surface area contributed by atoms with Gasteiger partial charge in [0.1, 0.15) is 24.0 Å². The second-order valence-corrected chi connectivity index (χ2v) is 18.2. The molecule has 0 atom stereocenters. The molecule has 0 aliphatic carbocycles. The molecule has 0 radical (unpaired) electrons. The lowest BCUT2D eigenvalue weighted by molar-refractivity contribution is 0.483. The van der Waals surface area contributed by atoms with Gasteiger partial charge in [0, 0.05) is 40.4 Å². The van der Waals surface area contributed by atoms with Crippen LogP contribution >= 0.6 is 0 Å². The molecule has 61 heavy (non-hydrogen) atoms. The normalized spacial score (nSPS) is 13.0. The zero-order valence-corrected chi connectivity index (χ0v) is 35.7. The van der Waals surface area contributed by atoms with Crippen molar-refractivity contribution in [3.8, 4) is 39.6 Å². The van der Waals surface area contributed by atoms with Crippen molar-refractivity contribution in [2.45, 2.75) is 52.4 Å². The molecule has 5 heteroatoms. The molecule has 0 spiro atoms. The van der Waals surface area contributed by atoms with E-state index in [4.69, 9.17) is 9.72 Å². The van der Waals surface area contributed by atoms with Gasteiger partial charge in [-0.2, -0.15) is 0 Å². The molecule has 7 aromatic carbocycles. The predicted octanol–water partition coefficient (Wildman–Crippen LogP) is 15.1. The van der Waals surface area contributed by atoms with Crippen LogP contribution in [0.25, 0.3) is 49.9 Å². The quantitative estimate of drug-likeness (QED) is 0.161. The summed E-state index contributed by atoms with van der Waals surface area (Å²) in [6.45, 7) is 14.2. The van der Waals surface area contributed by atoms with Crippen molar-refractivity contribution in [1.82, 2.24) is 9.55 Å². The van der Waals surface area contributed by atoms with E-state index in [0.29, 0.717) is 6.67 Å². The Labute approximate surface area is 359 Å². The molecule has 2 aromatic heterocycles. The smallest absolute Gasteiger partial charge is 0.137 e. The van der Waals surface area contributed by atoms with Crippen molar-refractivity contribution in [2.24, 2.45) is 0 Å². The summed E-state index contributed by atoms with van der Waals surface area (Å²) in [4.78, 5) is 9.78. The molecule has 3 heterocycles. The Hall–Kier alpha value is -7.11. The van der Waals surface area contributed by atoms with Gasteiger partial charge in [-0.1, -0.05) is 145 Å². The fraction of sp³-hybridized carbons (Fsp3) is 0.161. The van der Waals surface area contributed by atoms with Crippen LogP contribution in [0.2, 0.25) is 0 Å². The molecule has 0 bridgehead atoms. The van der Waals surface area contributed by atoms with Gasteiger partial charge >= 0.3 is 0 Å². The lowest BCUT2D eigenvalue weighted by atomic mass is 9.85. The predicted molar refractivity (Wildman–Crippen MR) is 255 cm³/mol. The fourth-order valence-electron chi connectivity index (χ4n) is 8.70. The van der Waals surface area contributed by atoms with E-state index in [1.54, 1.807) is 0 Å². The first-order valence-electron chi connectivity index (χ1n) is 21.2. The molecule has 5 nitrogen and oxygen atoms in total. The van der Waals surface area contributed by atoms with Gasteiger partial charge in [0.2, 0.25) is 0 Å². The molecular formula is C56H50N4O. The van der Waals surface area contributed by atoms with Crippen LogP contribution < -0.4 is 14.5 Å². The molecule has 0 unspecified atom stereocenters. The number of aromatic nitrogens is 2. The summed E-state index contributed by atoms with van der Waals surface area (Å²) in [5, 5.41) is 2.35. The number of fused-ring (bicyclic) bond motifs is 4. The number of para-hydroxylation sites is 1. The molecular weight excluding hydrogens is 745 g/mol. The monoisotopic (exact) mass is 794 g/mol. The molecule has 1 aliphatic rings. The highest BCUT2D eigenvalue weighted by molar-refractivity contribution is 6.09. The van der Waals surface area contributed by atoms with Gasteiger partial charge in [-0.05, 0) is 99.3 Å². The van der Waals surface area contributed by atoms with E-state index < -0.39 is 0 Å². The highest BCUT2D eigenvalue weighted by Crippen LogP contribution is 2.49. The maximum absolute atomic E-state index is 6.80. The number of anilines is 4.